The van der Waals surface area contributed by atoms with Crippen LogP contribution in [0.25, 0.3) is 0 Å². The predicted octanol–water partition coefficient (Wildman–Crippen LogP) is 1.47. The predicted molar refractivity (Wildman–Crippen MR) is 69.0 cm³/mol. The molecule has 5 heteroatoms. The monoisotopic (exact) mass is 264 g/mol. The van der Waals surface area contributed by atoms with Crippen LogP contribution in [0.1, 0.15) is 28.8 Å². The minimum absolute atomic E-state index is 0.119. The number of hydrogen-bond acceptors (Lipinski definition) is 2. The maximum absolute atomic E-state index is 13.2. The molecule has 0 saturated carbocycles. The van der Waals surface area contributed by atoms with E-state index in [1.165, 1.54) is 12.1 Å². The average Bonchev–Trinajstić information content (AvgIpc) is 2.41. The van der Waals surface area contributed by atoms with Crippen LogP contribution < -0.4 is 5.73 Å². The third-order valence-corrected chi connectivity index (χ3v) is 3.59. The fourth-order valence-electron chi connectivity index (χ4n) is 2.33. The van der Waals surface area contributed by atoms with E-state index < -0.39 is 0 Å². The second-order valence-electron chi connectivity index (χ2n) is 4.93. The molecule has 1 fully saturated rings. The van der Waals surface area contributed by atoms with Crippen LogP contribution >= 0.6 is 0 Å². The zero-order valence-electron chi connectivity index (χ0n) is 10.9. The number of carbonyl (C=O) groups excluding carboxylic acids is 2. The summed E-state index contributed by atoms with van der Waals surface area (Å²) in [7, 11) is 0. The number of nitrogens with two attached hydrogens (primary N) is 1. The van der Waals surface area contributed by atoms with Crippen molar-refractivity contribution in [3.05, 3.63) is 35.1 Å². The lowest BCUT2D eigenvalue weighted by molar-refractivity contribution is -0.123. The molecule has 0 atom stereocenters. The molecule has 1 aliphatic rings. The van der Waals surface area contributed by atoms with Crippen LogP contribution in [0, 0.1) is 18.7 Å². The highest BCUT2D eigenvalue weighted by Crippen LogP contribution is 2.19. The first-order valence-corrected chi connectivity index (χ1v) is 6.34. The summed E-state index contributed by atoms with van der Waals surface area (Å²) >= 11 is 0. The standard InChI is InChI=1S/C14H17FN2O2/c1-9-8-11(2-3-12(9)15)14(19)17-6-4-10(5-7-17)13(16)18/h2-3,8,10H,4-7H2,1H3,(H2,16,18). The number of primary amides is 1. The van der Waals surface area contributed by atoms with Crippen molar-refractivity contribution < 1.29 is 14.0 Å². The first-order chi connectivity index (χ1) is 8.99. The molecule has 0 unspecified atom stereocenters. The highest BCUT2D eigenvalue weighted by Gasteiger charge is 2.26. The molecule has 102 valence electrons. The molecule has 2 amide bonds. The van der Waals surface area contributed by atoms with Crippen molar-refractivity contribution in [2.75, 3.05) is 13.1 Å². The smallest absolute Gasteiger partial charge is 0.253 e. The number of piperidine rings is 1. The summed E-state index contributed by atoms with van der Waals surface area (Å²) in [6.07, 6.45) is 1.20. The van der Waals surface area contributed by atoms with E-state index in [2.05, 4.69) is 0 Å². The van der Waals surface area contributed by atoms with Gasteiger partial charge in [-0.15, -0.1) is 0 Å². The molecular weight excluding hydrogens is 247 g/mol. The zero-order chi connectivity index (χ0) is 14.0. The van der Waals surface area contributed by atoms with Gasteiger partial charge in [0.05, 0.1) is 0 Å². The van der Waals surface area contributed by atoms with E-state index in [1.54, 1.807) is 17.9 Å². The third-order valence-electron chi connectivity index (χ3n) is 3.59. The normalized spacial score (nSPS) is 16.4. The second-order valence-corrected chi connectivity index (χ2v) is 4.93. The van der Waals surface area contributed by atoms with Crippen LogP contribution in [0.4, 0.5) is 4.39 Å². The maximum atomic E-state index is 13.2. The SMILES string of the molecule is Cc1cc(C(=O)N2CCC(C(N)=O)CC2)ccc1F. The van der Waals surface area contributed by atoms with Crippen molar-refractivity contribution in [1.29, 1.82) is 0 Å². The van der Waals surface area contributed by atoms with Gasteiger partial charge in [0.1, 0.15) is 5.82 Å². The fraction of sp³-hybridized carbons (Fsp3) is 0.429. The first kappa shape index (κ1) is 13.5. The summed E-state index contributed by atoms with van der Waals surface area (Å²) in [5, 5.41) is 0. The number of carbonyl (C=O) groups is 2. The molecule has 1 aromatic carbocycles. The summed E-state index contributed by atoms with van der Waals surface area (Å²) < 4.78 is 13.2. The van der Waals surface area contributed by atoms with Gasteiger partial charge in [0.25, 0.3) is 5.91 Å². The van der Waals surface area contributed by atoms with Crippen LogP contribution in [0.3, 0.4) is 0 Å². The molecule has 4 nitrogen and oxygen atoms in total. The Hall–Kier alpha value is -1.91. The number of amides is 2. The van der Waals surface area contributed by atoms with Crippen molar-refractivity contribution >= 4 is 11.8 Å². The molecular formula is C14H17FN2O2. The quantitative estimate of drug-likeness (QED) is 0.879. The van der Waals surface area contributed by atoms with Crippen LogP contribution in [-0.4, -0.2) is 29.8 Å². The van der Waals surface area contributed by atoms with Crippen LogP contribution in [0.15, 0.2) is 18.2 Å². The van der Waals surface area contributed by atoms with E-state index >= 15 is 0 Å². The van der Waals surface area contributed by atoms with E-state index in [0.717, 1.165) is 0 Å². The molecule has 1 aromatic rings. The summed E-state index contributed by atoms with van der Waals surface area (Å²) in [5.41, 5.74) is 6.19. The number of rotatable bonds is 2. The molecule has 0 radical (unpaired) electrons. The molecule has 1 heterocycles. The van der Waals surface area contributed by atoms with Gasteiger partial charge in [-0.1, -0.05) is 0 Å². The molecule has 1 saturated heterocycles. The summed E-state index contributed by atoms with van der Waals surface area (Å²) in [5.74, 6) is -0.876. The van der Waals surface area contributed by atoms with E-state index in [9.17, 15) is 14.0 Å². The van der Waals surface area contributed by atoms with Crippen molar-refractivity contribution in [3.8, 4) is 0 Å². The van der Waals surface area contributed by atoms with Gasteiger partial charge in [-0.05, 0) is 43.5 Å². The van der Waals surface area contributed by atoms with Gasteiger partial charge in [-0.3, -0.25) is 9.59 Å². The minimum atomic E-state index is -0.316. The number of nitrogens with zero attached hydrogens (tertiary/aromatic N) is 1. The molecule has 1 aliphatic heterocycles. The van der Waals surface area contributed by atoms with Crippen molar-refractivity contribution in [3.63, 3.8) is 0 Å². The van der Waals surface area contributed by atoms with Crippen molar-refractivity contribution in [2.24, 2.45) is 11.7 Å². The Morgan fingerprint density at radius 3 is 2.47 bits per heavy atom. The zero-order valence-corrected chi connectivity index (χ0v) is 10.9. The molecule has 2 rings (SSSR count). The Bertz CT molecular complexity index is 508. The lowest BCUT2D eigenvalue weighted by atomic mass is 9.96. The van der Waals surface area contributed by atoms with Crippen LogP contribution in [0.5, 0.6) is 0 Å². The van der Waals surface area contributed by atoms with Gasteiger partial charge >= 0.3 is 0 Å². The lowest BCUT2D eigenvalue weighted by Crippen LogP contribution is -2.41. The van der Waals surface area contributed by atoms with Gasteiger partial charge in [-0.2, -0.15) is 0 Å². The average molecular weight is 264 g/mol. The highest BCUT2D eigenvalue weighted by atomic mass is 19.1. The van der Waals surface area contributed by atoms with E-state index in [-0.39, 0.29) is 23.5 Å². The second kappa shape index (κ2) is 5.38. The molecule has 2 N–H and O–H groups in total. The largest absolute Gasteiger partial charge is 0.369 e. The Labute approximate surface area is 111 Å². The minimum Gasteiger partial charge on any atom is -0.369 e. The molecule has 19 heavy (non-hydrogen) atoms. The third kappa shape index (κ3) is 2.92. The number of benzene rings is 1. The maximum Gasteiger partial charge on any atom is 0.253 e. The number of halogens is 1. The van der Waals surface area contributed by atoms with Crippen molar-refractivity contribution in [2.45, 2.75) is 19.8 Å². The Morgan fingerprint density at radius 2 is 1.95 bits per heavy atom. The summed E-state index contributed by atoms with van der Waals surface area (Å²) in [4.78, 5) is 25.0. The van der Waals surface area contributed by atoms with E-state index in [1.807, 2.05) is 0 Å². The highest BCUT2D eigenvalue weighted by molar-refractivity contribution is 5.94. The van der Waals surface area contributed by atoms with Gasteiger partial charge < -0.3 is 10.6 Å². The Morgan fingerprint density at radius 1 is 1.32 bits per heavy atom. The van der Waals surface area contributed by atoms with Gasteiger partial charge in [0.15, 0.2) is 0 Å². The van der Waals surface area contributed by atoms with Crippen LogP contribution in [0.2, 0.25) is 0 Å². The summed E-state index contributed by atoms with van der Waals surface area (Å²) in [6.45, 7) is 2.66. The fourth-order valence-corrected chi connectivity index (χ4v) is 2.33. The topological polar surface area (TPSA) is 63.4 Å². The summed E-state index contributed by atoms with van der Waals surface area (Å²) in [6, 6.07) is 4.35. The van der Waals surface area contributed by atoms with Crippen molar-refractivity contribution in [1.82, 2.24) is 4.90 Å². The number of aryl methyl sites for hydroxylation is 1. The Balaban J connectivity index is 2.05. The van der Waals surface area contributed by atoms with Gasteiger partial charge in [0.2, 0.25) is 5.91 Å². The van der Waals surface area contributed by atoms with Gasteiger partial charge in [-0.25, -0.2) is 4.39 Å². The Kier molecular flexibility index (Phi) is 3.83. The first-order valence-electron chi connectivity index (χ1n) is 6.34. The van der Waals surface area contributed by atoms with Gasteiger partial charge in [0, 0.05) is 24.6 Å². The van der Waals surface area contributed by atoms with Crippen LogP contribution in [-0.2, 0) is 4.79 Å². The molecule has 0 spiro atoms. The molecule has 0 bridgehead atoms. The molecule has 0 aliphatic carbocycles. The number of likely N-dealkylation sites (tertiary alicyclic amines) is 1. The molecule has 0 aromatic heterocycles. The van der Waals surface area contributed by atoms with E-state index in [0.29, 0.717) is 37.1 Å². The lowest BCUT2D eigenvalue weighted by Gasteiger charge is -2.30. The number of hydrogen-bond donors (Lipinski definition) is 1. The van der Waals surface area contributed by atoms with E-state index in [4.69, 9.17) is 5.73 Å².